The van der Waals surface area contributed by atoms with E-state index in [2.05, 4.69) is 34.3 Å². The van der Waals surface area contributed by atoms with Crippen molar-refractivity contribution in [2.75, 3.05) is 45.3 Å². The molecule has 10 nitrogen and oxygen atoms in total. The topological polar surface area (TPSA) is 105 Å². The summed E-state index contributed by atoms with van der Waals surface area (Å²) in [6.07, 6.45) is 0.586. The molecule has 46 heavy (non-hydrogen) atoms. The highest BCUT2D eigenvalue weighted by molar-refractivity contribution is 7.91. The molecule has 240 valence electrons. The summed E-state index contributed by atoms with van der Waals surface area (Å²) < 4.78 is 45.6. The Morgan fingerprint density at radius 3 is 2.11 bits per heavy atom. The van der Waals surface area contributed by atoms with Gasteiger partial charge in [0.05, 0.1) is 43.7 Å². The minimum Gasteiger partial charge on any atom is -0.493 e. The van der Waals surface area contributed by atoms with E-state index in [9.17, 15) is 8.42 Å². The molecule has 1 aliphatic rings. The molecule has 0 aliphatic carbocycles. The number of ether oxygens (including phenoxy) is 3. The zero-order valence-corrected chi connectivity index (χ0v) is 28.0. The maximum Gasteiger partial charge on any atom is 0.263 e. The highest BCUT2D eigenvalue weighted by Gasteiger charge is 2.32. The van der Waals surface area contributed by atoms with Gasteiger partial charge < -0.3 is 24.4 Å². The van der Waals surface area contributed by atoms with Crippen molar-refractivity contribution in [3.63, 3.8) is 0 Å². The minimum atomic E-state index is -3.92. The van der Waals surface area contributed by atoms with Gasteiger partial charge >= 0.3 is 0 Å². The van der Waals surface area contributed by atoms with E-state index in [1.807, 2.05) is 66.5 Å². The van der Waals surface area contributed by atoms with Crippen LogP contribution in [0.3, 0.4) is 0 Å². The number of nitrogens with zero attached hydrogens (tertiary/aromatic N) is 3. The van der Waals surface area contributed by atoms with Crippen LogP contribution in [-0.2, 0) is 16.6 Å². The monoisotopic (exact) mass is 659 g/mol. The third-order valence-electron chi connectivity index (χ3n) is 7.63. The quantitative estimate of drug-likeness (QED) is 0.203. The number of anilines is 2. The molecule has 1 atom stereocenters. The van der Waals surface area contributed by atoms with Gasteiger partial charge in [0.25, 0.3) is 10.0 Å². The minimum absolute atomic E-state index is 0.0180. The normalized spacial score (nSPS) is 14.3. The van der Waals surface area contributed by atoms with Crippen LogP contribution in [0.5, 0.6) is 17.2 Å². The number of sulfonamides is 1. The van der Waals surface area contributed by atoms with Gasteiger partial charge in [-0.1, -0.05) is 42.5 Å². The van der Waals surface area contributed by atoms with E-state index in [-0.39, 0.29) is 16.0 Å². The van der Waals surface area contributed by atoms with E-state index in [1.165, 1.54) is 0 Å². The Labute approximate surface area is 275 Å². The van der Waals surface area contributed by atoms with E-state index in [1.54, 1.807) is 45.6 Å². The van der Waals surface area contributed by atoms with Gasteiger partial charge in [-0.15, -0.1) is 0 Å². The fourth-order valence-corrected chi connectivity index (χ4v) is 6.53. The number of methoxy groups -OCH3 is 3. The largest absolute Gasteiger partial charge is 0.493 e. The van der Waals surface area contributed by atoms with Gasteiger partial charge in [-0.3, -0.25) is 9.73 Å². The molecule has 0 bridgehead atoms. The first-order valence-electron chi connectivity index (χ1n) is 14.5. The molecule has 4 aromatic carbocycles. The predicted molar refractivity (Wildman–Crippen MR) is 186 cm³/mol. The molecule has 0 amide bonds. The molecule has 0 radical (unpaired) electrons. The Hall–Kier alpha value is -4.81. The number of rotatable bonds is 11. The van der Waals surface area contributed by atoms with Crippen LogP contribution >= 0.6 is 12.2 Å². The molecule has 0 spiro atoms. The Bertz CT molecular complexity index is 1790. The van der Waals surface area contributed by atoms with E-state index < -0.39 is 10.0 Å². The van der Waals surface area contributed by atoms with Crippen molar-refractivity contribution < 1.29 is 22.6 Å². The summed E-state index contributed by atoms with van der Waals surface area (Å²) in [7, 11) is 4.81. The van der Waals surface area contributed by atoms with Crippen molar-refractivity contribution in [1.82, 2.24) is 10.0 Å². The highest BCUT2D eigenvalue weighted by Crippen LogP contribution is 2.44. The molecule has 12 heteroatoms. The summed E-state index contributed by atoms with van der Waals surface area (Å²) in [6.45, 7) is 0.399. The summed E-state index contributed by atoms with van der Waals surface area (Å²) in [5.74, 6) is 1.56. The van der Waals surface area contributed by atoms with Gasteiger partial charge in [-0.05, 0) is 77.4 Å². The standard InChI is InChI=1S/C34H37N5O5S2/c1-38(2)26-13-11-24(12-14-26)29-21-30(25-19-31(42-3)33(44-5)32(20-25)43-4)39(36-29)27-15-17-28(18-16-27)46(40,41)37-34(45)35-22-23-9-7-6-8-10-23/h6-20,30H,21-22H2,1-5H3,(H2,35,37,45). The van der Waals surface area contributed by atoms with Crippen LogP contribution in [0.2, 0.25) is 0 Å². The zero-order valence-electron chi connectivity index (χ0n) is 26.4. The maximum atomic E-state index is 13.2. The molecule has 0 fully saturated rings. The lowest BCUT2D eigenvalue weighted by atomic mass is 9.97. The molecule has 1 heterocycles. The third kappa shape index (κ3) is 7.19. The number of thiocarbonyl (C=S) groups is 1. The highest BCUT2D eigenvalue weighted by atomic mass is 32.2. The van der Waals surface area contributed by atoms with Crippen molar-refractivity contribution in [3.05, 3.63) is 108 Å². The number of hydrazone groups is 1. The molecule has 5 rings (SSSR count). The Kier molecular flexibility index (Phi) is 9.98. The average molecular weight is 660 g/mol. The molecule has 4 aromatic rings. The van der Waals surface area contributed by atoms with Crippen LogP contribution < -0.4 is 34.2 Å². The predicted octanol–water partition coefficient (Wildman–Crippen LogP) is 5.49. The van der Waals surface area contributed by atoms with Gasteiger partial charge in [0.15, 0.2) is 16.6 Å². The summed E-state index contributed by atoms with van der Waals surface area (Å²) >= 11 is 5.26. The lowest BCUT2D eigenvalue weighted by Gasteiger charge is -2.25. The average Bonchev–Trinajstić information content (AvgIpc) is 3.52. The van der Waals surface area contributed by atoms with Crippen LogP contribution in [0.4, 0.5) is 11.4 Å². The summed E-state index contributed by atoms with van der Waals surface area (Å²) in [5, 5.41) is 9.89. The Morgan fingerprint density at radius 1 is 0.913 bits per heavy atom. The van der Waals surface area contributed by atoms with E-state index >= 15 is 0 Å². The summed E-state index contributed by atoms with van der Waals surface area (Å²) in [6, 6.07) is 28.0. The first-order valence-corrected chi connectivity index (χ1v) is 16.4. The molecular formula is C34H37N5O5S2. The van der Waals surface area contributed by atoms with Gasteiger partial charge in [0.2, 0.25) is 5.75 Å². The number of hydrogen-bond donors (Lipinski definition) is 2. The third-order valence-corrected chi connectivity index (χ3v) is 9.37. The van der Waals surface area contributed by atoms with Crippen LogP contribution in [0.1, 0.15) is 29.2 Å². The van der Waals surface area contributed by atoms with E-state index in [0.29, 0.717) is 35.9 Å². The Morgan fingerprint density at radius 2 is 1.54 bits per heavy atom. The second-order valence-electron chi connectivity index (χ2n) is 10.8. The van der Waals surface area contributed by atoms with Crippen LogP contribution in [0.25, 0.3) is 0 Å². The van der Waals surface area contributed by atoms with E-state index in [4.69, 9.17) is 31.5 Å². The zero-order chi connectivity index (χ0) is 32.8. The van der Waals surface area contributed by atoms with Crippen LogP contribution in [0, 0.1) is 0 Å². The first-order chi connectivity index (χ1) is 22.1. The Balaban J connectivity index is 1.44. The second-order valence-corrected chi connectivity index (χ2v) is 12.9. The number of hydrogen-bond acceptors (Lipinski definition) is 9. The number of benzene rings is 4. The lowest BCUT2D eigenvalue weighted by Crippen LogP contribution is -2.38. The van der Waals surface area contributed by atoms with Crippen LogP contribution in [0.15, 0.2) is 101 Å². The SMILES string of the molecule is COc1cc(C2CC(c3ccc(N(C)C)cc3)=NN2c2ccc(S(=O)(=O)NC(=S)NCc3ccccc3)cc2)cc(OC)c1OC. The first kappa shape index (κ1) is 32.6. The van der Waals surface area contributed by atoms with Crippen molar-refractivity contribution in [2.45, 2.75) is 23.9 Å². The van der Waals surface area contributed by atoms with Crippen LogP contribution in [-0.4, -0.2) is 54.7 Å². The van der Waals surface area contributed by atoms with Crippen molar-refractivity contribution in [2.24, 2.45) is 5.10 Å². The maximum absolute atomic E-state index is 13.2. The lowest BCUT2D eigenvalue weighted by molar-refractivity contribution is 0.323. The summed E-state index contributed by atoms with van der Waals surface area (Å²) in [4.78, 5) is 2.12. The van der Waals surface area contributed by atoms with Crippen molar-refractivity contribution in [3.8, 4) is 17.2 Å². The smallest absolute Gasteiger partial charge is 0.263 e. The summed E-state index contributed by atoms with van der Waals surface area (Å²) in [5.41, 5.74) is 5.55. The van der Waals surface area contributed by atoms with Crippen molar-refractivity contribution in [1.29, 1.82) is 0 Å². The van der Waals surface area contributed by atoms with Crippen molar-refractivity contribution >= 4 is 44.4 Å². The van der Waals surface area contributed by atoms with Gasteiger partial charge in [-0.25, -0.2) is 8.42 Å². The molecule has 2 N–H and O–H groups in total. The molecule has 1 unspecified atom stereocenters. The molecule has 0 saturated carbocycles. The fourth-order valence-electron chi connectivity index (χ4n) is 5.20. The number of nitrogens with one attached hydrogen (secondary N) is 2. The second kappa shape index (κ2) is 14.1. The fraction of sp³-hybridized carbons (Fsp3) is 0.235. The molecule has 0 saturated heterocycles. The van der Waals surface area contributed by atoms with Gasteiger partial charge in [0.1, 0.15) is 0 Å². The van der Waals surface area contributed by atoms with E-state index in [0.717, 1.165) is 28.1 Å². The molecule has 1 aliphatic heterocycles. The van der Waals surface area contributed by atoms with Gasteiger partial charge in [-0.2, -0.15) is 5.10 Å². The molecule has 0 aromatic heterocycles. The van der Waals surface area contributed by atoms with Gasteiger partial charge in [0, 0.05) is 32.7 Å². The molecular weight excluding hydrogens is 623 g/mol.